The molecule has 0 fully saturated rings. The van der Waals surface area contributed by atoms with E-state index in [1.165, 1.54) is 16.8 Å². The fourth-order valence-corrected chi connectivity index (χ4v) is 2.30. The van der Waals surface area contributed by atoms with Crippen LogP contribution in [0.4, 0.5) is 5.69 Å². The number of para-hydroxylation sites is 1. The van der Waals surface area contributed by atoms with Gasteiger partial charge in [0, 0.05) is 18.8 Å². The molecule has 7 heteroatoms. The van der Waals surface area contributed by atoms with E-state index in [0.717, 1.165) is 6.42 Å². The van der Waals surface area contributed by atoms with Crippen LogP contribution in [0.3, 0.4) is 0 Å². The van der Waals surface area contributed by atoms with Crippen molar-refractivity contribution in [3.63, 3.8) is 0 Å². The molecule has 0 radical (unpaired) electrons. The van der Waals surface area contributed by atoms with Gasteiger partial charge in [-0.25, -0.2) is 9.67 Å². The normalized spacial score (nSPS) is 10.3. The average Bonchev–Trinajstić information content (AvgIpc) is 2.66. The maximum atomic E-state index is 12.5. The van der Waals surface area contributed by atoms with E-state index in [1.807, 2.05) is 25.1 Å². The summed E-state index contributed by atoms with van der Waals surface area (Å²) in [6.07, 6.45) is 2.32. The lowest BCUT2D eigenvalue weighted by atomic mass is 10.3. The first kappa shape index (κ1) is 17.3. The topological polar surface area (TPSA) is 86.1 Å². The van der Waals surface area contributed by atoms with Crippen LogP contribution in [-0.4, -0.2) is 20.7 Å². The van der Waals surface area contributed by atoms with Gasteiger partial charge in [-0.2, -0.15) is 5.10 Å². The van der Waals surface area contributed by atoms with Crippen molar-refractivity contribution >= 4 is 11.6 Å². The Hall–Kier alpha value is -3.48. The minimum atomic E-state index is -0.444. The van der Waals surface area contributed by atoms with Crippen LogP contribution in [-0.2, 0) is 6.54 Å². The summed E-state index contributed by atoms with van der Waals surface area (Å²) in [5.41, 5.74) is 0.321. The Morgan fingerprint density at radius 3 is 2.69 bits per heavy atom. The third-order valence-corrected chi connectivity index (χ3v) is 3.51. The van der Waals surface area contributed by atoms with Gasteiger partial charge >= 0.3 is 0 Å². The second kappa shape index (κ2) is 8.06. The molecule has 7 nitrogen and oxygen atoms in total. The van der Waals surface area contributed by atoms with Crippen molar-refractivity contribution in [3.8, 4) is 11.6 Å². The molecule has 0 spiro atoms. The largest absolute Gasteiger partial charge is 0.437 e. The lowest BCUT2D eigenvalue weighted by molar-refractivity contribution is 0.101. The number of pyridine rings is 1. The third kappa shape index (κ3) is 4.13. The van der Waals surface area contributed by atoms with Gasteiger partial charge in [0.25, 0.3) is 11.5 Å². The Morgan fingerprint density at radius 2 is 1.92 bits per heavy atom. The fraction of sp³-hybridized carbons (Fsp3) is 0.158. The van der Waals surface area contributed by atoms with Gasteiger partial charge in [0.15, 0.2) is 0 Å². The second-order valence-corrected chi connectivity index (χ2v) is 5.51. The van der Waals surface area contributed by atoms with E-state index in [-0.39, 0.29) is 17.1 Å². The molecule has 26 heavy (non-hydrogen) atoms. The summed E-state index contributed by atoms with van der Waals surface area (Å²) >= 11 is 0. The molecule has 1 N–H and O–H groups in total. The summed E-state index contributed by atoms with van der Waals surface area (Å²) in [6.45, 7) is 2.39. The Morgan fingerprint density at radius 1 is 1.12 bits per heavy atom. The number of nitrogens with zero attached hydrogens (tertiary/aromatic N) is 3. The van der Waals surface area contributed by atoms with Crippen molar-refractivity contribution in [2.24, 2.45) is 0 Å². The van der Waals surface area contributed by atoms with E-state index >= 15 is 0 Å². The molecule has 3 aromatic rings. The van der Waals surface area contributed by atoms with Crippen molar-refractivity contribution in [3.05, 3.63) is 76.8 Å². The number of carbonyl (C=O) groups excluding carboxylic acids is 1. The molecule has 1 aromatic carbocycles. The molecule has 0 aliphatic carbocycles. The van der Waals surface area contributed by atoms with Crippen molar-refractivity contribution in [2.45, 2.75) is 19.9 Å². The van der Waals surface area contributed by atoms with Gasteiger partial charge in [0.2, 0.25) is 5.88 Å². The summed E-state index contributed by atoms with van der Waals surface area (Å²) in [5, 5.41) is 6.83. The van der Waals surface area contributed by atoms with Gasteiger partial charge in [0.05, 0.1) is 0 Å². The van der Waals surface area contributed by atoms with Crippen LogP contribution in [0.5, 0.6) is 11.6 Å². The van der Waals surface area contributed by atoms with Crippen molar-refractivity contribution in [2.75, 3.05) is 5.32 Å². The van der Waals surface area contributed by atoms with E-state index in [1.54, 1.807) is 30.5 Å². The number of nitrogens with one attached hydrogen (secondary N) is 1. The Balaban J connectivity index is 1.82. The van der Waals surface area contributed by atoms with Gasteiger partial charge in [0.1, 0.15) is 17.1 Å². The number of rotatable bonds is 6. The quantitative estimate of drug-likeness (QED) is 0.738. The van der Waals surface area contributed by atoms with E-state index in [4.69, 9.17) is 4.74 Å². The molecule has 0 bridgehead atoms. The third-order valence-electron chi connectivity index (χ3n) is 3.51. The number of hydrogen-bond acceptors (Lipinski definition) is 5. The highest BCUT2D eigenvalue weighted by Crippen LogP contribution is 2.26. The fourth-order valence-electron chi connectivity index (χ4n) is 2.30. The Labute approximate surface area is 150 Å². The molecule has 0 saturated carbocycles. The van der Waals surface area contributed by atoms with E-state index in [2.05, 4.69) is 15.4 Å². The number of ether oxygens (including phenoxy) is 1. The van der Waals surface area contributed by atoms with Gasteiger partial charge in [-0.15, -0.1) is 0 Å². The molecule has 0 saturated heterocycles. The molecule has 0 aliphatic rings. The summed E-state index contributed by atoms with van der Waals surface area (Å²) < 4.78 is 7.00. The highest BCUT2D eigenvalue weighted by molar-refractivity contribution is 6.03. The minimum Gasteiger partial charge on any atom is -0.437 e. The molecule has 2 heterocycles. The van der Waals surface area contributed by atoms with Crippen molar-refractivity contribution in [1.82, 2.24) is 14.8 Å². The SMILES string of the molecule is CCCn1nc(C(=O)Nc2cccnc2Oc2ccccc2)ccc1=O. The van der Waals surface area contributed by atoms with Crippen LogP contribution in [0.15, 0.2) is 65.6 Å². The number of hydrogen-bond donors (Lipinski definition) is 1. The Bertz CT molecular complexity index is 954. The molecule has 132 valence electrons. The second-order valence-electron chi connectivity index (χ2n) is 5.51. The lowest BCUT2D eigenvalue weighted by Gasteiger charge is -2.11. The predicted octanol–water partition coefficient (Wildman–Crippen LogP) is 3.09. The molecule has 1 amide bonds. The maximum Gasteiger partial charge on any atom is 0.276 e. The lowest BCUT2D eigenvalue weighted by Crippen LogP contribution is -2.26. The molecule has 0 atom stereocenters. The number of carbonyl (C=O) groups is 1. The predicted molar refractivity (Wildman–Crippen MR) is 97.5 cm³/mol. The summed E-state index contributed by atoms with van der Waals surface area (Å²) in [7, 11) is 0. The minimum absolute atomic E-state index is 0.146. The summed E-state index contributed by atoms with van der Waals surface area (Å²) in [4.78, 5) is 28.4. The monoisotopic (exact) mass is 350 g/mol. The van der Waals surface area contributed by atoms with Gasteiger partial charge in [-0.05, 0) is 36.8 Å². The number of anilines is 1. The smallest absolute Gasteiger partial charge is 0.276 e. The number of amides is 1. The van der Waals surface area contributed by atoms with Crippen molar-refractivity contribution < 1.29 is 9.53 Å². The first-order chi connectivity index (χ1) is 12.7. The van der Waals surface area contributed by atoms with E-state index in [0.29, 0.717) is 18.0 Å². The highest BCUT2D eigenvalue weighted by atomic mass is 16.5. The molecule has 3 rings (SSSR count). The number of benzene rings is 1. The zero-order chi connectivity index (χ0) is 18.4. The maximum absolute atomic E-state index is 12.5. The number of aromatic nitrogens is 3. The van der Waals surface area contributed by atoms with Crippen LogP contribution in [0, 0.1) is 0 Å². The molecular weight excluding hydrogens is 332 g/mol. The van der Waals surface area contributed by atoms with Crippen LogP contribution in [0.2, 0.25) is 0 Å². The summed E-state index contributed by atoms with van der Waals surface area (Å²) in [6, 6.07) is 15.3. The molecule has 0 unspecified atom stereocenters. The van der Waals surface area contributed by atoms with Crippen molar-refractivity contribution in [1.29, 1.82) is 0 Å². The van der Waals surface area contributed by atoms with Gasteiger partial charge in [-0.3, -0.25) is 9.59 Å². The Kier molecular flexibility index (Phi) is 5.38. The van der Waals surface area contributed by atoms with Gasteiger partial charge < -0.3 is 10.1 Å². The van der Waals surface area contributed by atoms with E-state index < -0.39 is 5.91 Å². The molecule has 0 aliphatic heterocycles. The first-order valence-electron chi connectivity index (χ1n) is 8.25. The van der Waals surface area contributed by atoms with E-state index in [9.17, 15) is 9.59 Å². The van der Waals surface area contributed by atoms with Crippen LogP contribution >= 0.6 is 0 Å². The van der Waals surface area contributed by atoms with Crippen LogP contribution < -0.4 is 15.6 Å². The number of aryl methyl sites for hydroxylation is 1. The summed E-state index contributed by atoms with van der Waals surface area (Å²) in [5.74, 6) is 0.436. The first-order valence-corrected chi connectivity index (χ1v) is 8.25. The van der Waals surface area contributed by atoms with Crippen LogP contribution in [0.1, 0.15) is 23.8 Å². The van der Waals surface area contributed by atoms with Gasteiger partial charge in [-0.1, -0.05) is 25.1 Å². The zero-order valence-electron chi connectivity index (χ0n) is 14.3. The average molecular weight is 350 g/mol. The zero-order valence-corrected chi connectivity index (χ0v) is 14.3. The van der Waals surface area contributed by atoms with Crippen LogP contribution in [0.25, 0.3) is 0 Å². The standard InChI is InChI=1S/C19H18N4O3/c1-2-13-23-17(24)11-10-15(22-23)18(25)21-16-9-6-12-20-19(16)26-14-7-4-3-5-8-14/h3-12H,2,13H2,1H3,(H,21,25). The molecular formula is C19H18N4O3. The highest BCUT2D eigenvalue weighted by Gasteiger charge is 2.14. The molecule has 2 aromatic heterocycles.